The van der Waals surface area contributed by atoms with Crippen molar-refractivity contribution in [3.8, 4) is 0 Å². The van der Waals surface area contributed by atoms with Crippen LogP contribution in [0.5, 0.6) is 0 Å². The fourth-order valence-electron chi connectivity index (χ4n) is 2.83. The van der Waals surface area contributed by atoms with E-state index in [0.717, 1.165) is 32.2 Å². The van der Waals surface area contributed by atoms with Gasteiger partial charge in [-0.3, -0.25) is 4.90 Å². The normalized spacial score (nSPS) is 17.5. The molecule has 3 nitrogen and oxygen atoms in total. The largest absolute Gasteiger partial charge is 0.467 e. The molecule has 1 aliphatic heterocycles. The molecule has 0 amide bonds. The van der Waals surface area contributed by atoms with Crippen molar-refractivity contribution >= 4 is 12.4 Å². The number of halogens is 4. The second kappa shape index (κ2) is 7.38. The molecule has 7 heteroatoms. The van der Waals surface area contributed by atoms with Gasteiger partial charge in [-0.15, -0.1) is 12.4 Å². The maximum absolute atomic E-state index is 13.0. The van der Waals surface area contributed by atoms with Crippen molar-refractivity contribution in [2.75, 3.05) is 26.2 Å². The number of alkyl halides is 3. The van der Waals surface area contributed by atoms with E-state index in [1.165, 1.54) is 12.1 Å². The molecule has 1 aromatic heterocycles. The molecule has 0 unspecified atom stereocenters. The van der Waals surface area contributed by atoms with Crippen LogP contribution >= 0.6 is 12.4 Å². The molecule has 2 aromatic rings. The Morgan fingerprint density at radius 3 is 2.43 bits per heavy atom. The second-order valence-corrected chi connectivity index (χ2v) is 5.33. The quantitative estimate of drug-likeness (QED) is 0.918. The van der Waals surface area contributed by atoms with E-state index >= 15 is 0 Å². The van der Waals surface area contributed by atoms with E-state index in [1.807, 2.05) is 6.07 Å². The molecule has 0 bridgehead atoms. The fraction of sp³-hybridized carbons (Fsp3) is 0.375. The van der Waals surface area contributed by atoms with Gasteiger partial charge >= 0.3 is 6.18 Å². The molecule has 0 radical (unpaired) electrons. The Hall–Kier alpha value is -1.50. The van der Waals surface area contributed by atoms with E-state index in [4.69, 9.17) is 4.42 Å². The average molecular weight is 347 g/mol. The summed E-state index contributed by atoms with van der Waals surface area (Å²) in [6.07, 6.45) is -2.79. The summed E-state index contributed by atoms with van der Waals surface area (Å²) in [5.41, 5.74) is -0.0247. The Bertz CT molecular complexity index is 610. The van der Waals surface area contributed by atoms with E-state index in [2.05, 4.69) is 10.2 Å². The Morgan fingerprint density at radius 1 is 1.09 bits per heavy atom. The molecule has 0 saturated carbocycles. The Balaban J connectivity index is 0.00000192. The first-order valence-corrected chi connectivity index (χ1v) is 7.21. The third kappa shape index (κ3) is 4.07. The van der Waals surface area contributed by atoms with Crippen LogP contribution < -0.4 is 5.32 Å². The first kappa shape index (κ1) is 17.8. The number of nitrogens with one attached hydrogen (secondary N) is 1. The summed E-state index contributed by atoms with van der Waals surface area (Å²) < 4.78 is 44.4. The van der Waals surface area contributed by atoms with Gasteiger partial charge in [-0.05, 0) is 29.8 Å². The van der Waals surface area contributed by atoms with Gasteiger partial charge in [0.1, 0.15) is 5.76 Å². The highest BCUT2D eigenvalue weighted by Crippen LogP contribution is 2.34. The van der Waals surface area contributed by atoms with E-state index in [-0.39, 0.29) is 18.4 Å². The van der Waals surface area contributed by atoms with Crippen molar-refractivity contribution in [1.82, 2.24) is 10.2 Å². The van der Waals surface area contributed by atoms with Gasteiger partial charge in [-0.2, -0.15) is 13.2 Å². The number of furan rings is 1. The lowest BCUT2D eigenvalue weighted by atomic mass is 9.99. The van der Waals surface area contributed by atoms with E-state index < -0.39 is 11.7 Å². The number of piperazine rings is 1. The van der Waals surface area contributed by atoms with Crippen LogP contribution in [0.2, 0.25) is 0 Å². The van der Waals surface area contributed by atoms with Gasteiger partial charge in [0, 0.05) is 26.2 Å². The lowest BCUT2D eigenvalue weighted by molar-refractivity contribution is -0.137. The minimum absolute atomic E-state index is 0. The van der Waals surface area contributed by atoms with Gasteiger partial charge in [0.05, 0.1) is 17.9 Å². The SMILES string of the molecule is Cl.FC(F)(F)c1cccc([C@@H](c2ccco2)N2CCNCC2)c1. The first-order valence-electron chi connectivity index (χ1n) is 7.21. The van der Waals surface area contributed by atoms with Gasteiger partial charge in [-0.25, -0.2) is 0 Å². The molecule has 3 rings (SSSR count). The highest BCUT2D eigenvalue weighted by molar-refractivity contribution is 5.85. The maximum atomic E-state index is 13.0. The summed E-state index contributed by atoms with van der Waals surface area (Å²) in [7, 11) is 0. The first-order chi connectivity index (χ1) is 10.6. The van der Waals surface area contributed by atoms with Crippen LogP contribution in [-0.2, 0) is 6.18 Å². The molecule has 126 valence electrons. The van der Waals surface area contributed by atoms with Crippen LogP contribution in [0.3, 0.4) is 0 Å². The van der Waals surface area contributed by atoms with Crippen molar-refractivity contribution in [2.24, 2.45) is 0 Å². The summed E-state index contributed by atoms with van der Waals surface area (Å²) >= 11 is 0. The van der Waals surface area contributed by atoms with Crippen molar-refractivity contribution < 1.29 is 17.6 Å². The molecule has 0 spiro atoms. The van der Waals surface area contributed by atoms with Crippen molar-refractivity contribution in [3.63, 3.8) is 0 Å². The molecule has 1 fully saturated rings. The van der Waals surface area contributed by atoms with E-state index in [1.54, 1.807) is 18.4 Å². The Labute approximate surface area is 138 Å². The predicted molar refractivity (Wildman–Crippen MR) is 83.7 cm³/mol. The molecule has 0 aliphatic carbocycles. The molecule has 2 heterocycles. The highest BCUT2D eigenvalue weighted by Gasteiger charge is 2.32. The van der Waals surface area contributed by atoms with Crippen LogP contribution in [0, 0.1) is 0 Å². The molecule has 23 heavy (non-hydrogen) atoms. The maximum Gasteiger partial charge on any atom is 0.416 e. The van der Waals surface area contributed by atoms with Gasteiger partial charge in [0.25, 0.3) is 0 Å². The van der Waals surface area contributed by atoms with Crippen molar-refractivity contribution in [3.05, 3.63) is 59.5 Å². The summed E-state index contributed by atoms with van der Waals surface area (Å²) in [6.45, 7) is 3.16. The molecule has 1 N–H and O–H groups in total. The van der Waals surface area contributed by atoms with Gasteiger partial charge in [0.2, 0.25) is 0 Å². The molecule has 1 aromatic carbocycles. The number of benzene rings is 1. The number of rotatable bonds is 3. The zero-order valence-electron chi connectivity index (χ0n) is 12.3. The Kier molecular flexibility index (Phi) is 5.73. The lowest BCUT2D eigenvalue weighted by Gasteiger charge is -2.34. The van der Waals surface area contributed by atoms with E-state index in [0.29, 0.717) is 11.3 Å². The van der Waals surface area contributed by atoms with Crippen molar-refractivity contribution in [1.29, 1.82) is 0 Å². The summed E-state index contributed by atoms with van der Waals surface area (Å²) in [5.74, 6) is 0.668. The summed E-state index contributed by atoms with van der Waals surface area (Å²) in [6, 6.07) is 8.78. The third-order valence-corrected chi connectivity index (χ3v) is 3.86. The third-order valence-electron chi connectivity index (χ3n) is 3.86. The number of hydrogen-bond acceptors (Lipinski definition) is 3. The number of nitrogens with zero attached hydrogens (tertiary/aromatic N) is 1. The molecule has 1 saturated heterocycles. The van der Waals surface area contributed by atoms with Crippen LogP contribution in [0.15, 0.2) is 47.1 Å². The van der Waals surface area contributed by atoms with Gasteiger partial charge in [-0.1, -0.05) is 12.1 Å². The van der Waals surface area contributed by atoms with Crippen LogP contribution in [0.25, 0.3) is 0 Å². The standard InChI is InChI=1S/C16H17F3N2O.ClH/c17-16(18,19)13-4-1-3-12(11-13)15(14-5-2-10-22-14)21-8-6-20-7-9-21;/h1-5,10-11,15,20H,6-9H2;1H/t15-;/m0./s1. The topological polar surface area (TPSA) is 28.4 Å². The van der Waals surface area contributed by atoms with Crippen molar-refractivity contribution in [2.45, 2.75) is 12.2 Å². The Morgan fingerprint density at radius 2 is 1.83 bits per heavy atom. The summed E-state index contributed by atoms with van der Waals surface area (Å²) in [5, 5.41) is 3.25. The highest BCUT2D eigenvalue weighted by atomic mass is 35.5. The smallest absolute Gasteiger partial charge is 0.416 e. The van der Waals surface area contributed by atoms with Gasteiger partial charge in [0.15, 0.2) is 0 Å². The molecule has 1 atom stereocenters. The van der Waals surface area contributed by atoms with Crippen LogP contribution in [-0.4, -0.2) is 31.1 Å². The monoisotopic (exact) mass is 346 g/mol. The molecular formula is C16H18ClF3N2O. The zero-order chi connectivity index (χ0) is 15.6. The lowest BCUT2D eigenvalue weighted by Crippen LogP contribution is -2.45. The fourth-order valence-corrected chi connectivity index (χ4v) is 2.83. The molecule has 1 aliphatic rings. The van der Waals surface area contributed by atoms with Crippen LogP contribution in [0.1, 0.15) is 22.9 Å². The summed E-state index contributed by atoms with van der Waals surface area (Å²) in [4.78, 5) is 2.14. The van der Waals surface area contributed by atoms with E-state index in [9.17, 15) is 13.2 Å². The zero-order valence-corrected chi connectivity index (χ0v) is 13.2. The molecular weight excluding hydrogens is 329 g/mol. The predicted octanol–water partition coefficient (Wildman–Crippen LogP) is 3.71. The van der Waals surface area contributed by atoms with Crippen LogP contribution in [0.4, 0.5) is 13.2 Å². The minimum Gasteiger partial charge on any atom is -0.467 e. The number of hydrogen-bond donors (Lipinski definition) is 1. The minimum atomic E-state index is -4.34. The van der Waals surface area contributed by atoms with Gasteiger partial charge < -0.3 is 9.73 Å². The average Bonchev–Trinajstić information content (AvgIpc) is 3.02. The second-order valence-electron chi connectivity index (χ2n) is 5.33.